The number of nitrogens with zero attached hydrogens (tertiary/aromatic N) is 8. The van der Waals surface area contributed by atoms with E-state index in [0.717, 1.165) is 34.2 Å². The summed E-state index contributed by atoms with van der Waals surface area (Å²) in [5.41, 5.74) is 1.06. The van der Waals surface area contributed by atoms with Crippen molar-refractivity contribution >= 4 is 28.3 Å². The van der Waals surface area contributed by atoms with Gasteiger partial charge in [-0.15, -0.1) is 5.10 Å². The van der Waals surface area contributed by atoms with E-state index >= 15 is 0 Å². The third kappa shape index (κ3) is 4.14. The van der Waals surface area contributed by atoms with Crippen LogP contribution in [0.15, 0.2) is 24.7 Å². The molecule has 0 radical (unpaired) electrons. The fourth-order valence-corrected chi connectivity index (χ4v) is 3.19. The molecular formula is C18H16ClFN8O4. The van der Waals surface area contributed by atoms with E-state index in [0.29, 0.717) is 18.6 Å². The Bertz CT molecular complexity index is 1310. The molecule has 0 aromatic carbocycles. The van der Waals surface area contributed by atoms with Gasteiger partial charge >= 0.3 is 11.6 Å². The Kier molecular flexibility index (Phi) is 5.81. The van der Waals surface area contributed by atoms with Crippen LogP contribution in [-0.2, 0) is 6.54 Å². The molecule has 0 spiro atoms. The van der Waals surface area contributed by atoms with Gasteiger partial charge in [-0.2, -0.15) is 10.1 Å². The molecule has 0 atom stereocenters. The Morgan fingerprint density at radius 1 is 1.25 bits per heavy atom. The van der Waals surface area contributed by atoms with Gasteiger partial charge in [0.15, 0.2) is 5.65 Å². The lowest BCUT2D eigenvalue weighted by molar-refractivity contribution is -0.385. The van der Waals surface area contributed by atoms with E-state index in [-0.39, 0.29) is 35.0 Å². The standard InChI is InChI=1S/C18H16ClFN8O4/c1-10-12-8-22-18(19)23-15(12)26(24-10)4-3-5-32-17-14(28(29)30)9-27(25-17)13-6-11(20)7-21-16(13)31-2/h6-9H,3-5H2,1-2H3. The zero-order valence-electron chi connectivity index (χ0n) is 16.9. The van der Waals surface area contributed by atoms with E-state index in [1.165, 1.54) is 7.11 Å². The number of nitro groups is 1. The third-order valence-electron chi connectivity index (χ3n) is 4.50. The fourth-order valence-electron chi connectivity index (χ4n) is 3.06. The Morgan fingerprint density at radius 2 is 2.06 bits per heavy atom. The molecule has 0 unspecified atom stereocenters. The topological polar surface area (TPSA) is 136 Å². The Balaban J connectivity index is 1.50. The summed E-state index contributed by atoms with van der Waals surface area (Å²) in [5, 5.41) is 20.8. The third-order valence-corrected chi connectivity index (χ3v) is 4.68. The normalized spacial score (nSPS) is 11.1. The second-order valence-electron chi connectivity index (χ2n) is 6.59. The monoisotopic (exact) mass is 462 g/mol. The lowest BCUT2D eigenvalue weighted by Crippen LogP contribution is -2.08. The molecule has 166 valence electrons. The SMILES string of the molecule is COc1ncc(F)cc1-n1cc([N+](=O)[O-])c(OCCCn2nc(C)c3cnc(Cl)nc32)n1. The van der Waals surface area contributed by atoms with Gasteiger partial charge in [-0.1, -0.05) is 0 Å². The molecule has 12 nitrogen and oxygen atoms in total. The van der Waals surface area contributed by atoms with Gasteiger partial charge in [0.1, 0.15) is 17.7 Å². The van der Waals surface area contributed by atoms with E-state index in [1.54, 1.807) is 10.9 Å². The maximum Gasteiger partial charge on any atom is 0.350 e. The summed E-state index contributed by atoms with van der Waals surface area (Å²) in [6, 6.07) is 1.10. The Hall–Kier alpha value is -3.87. The van der Waals surface area contributed by atoms with Crippen LogP contribution in [0.3, 0.4) is 0 Å². The summed E-state index contributed by atoms with van der Waals surface area (Å²) in [4.78, 5) is 22.7. The summed E-state index contributed by atoms with van der Waals surface area (Å²) in [5.74, 6) is -0.808. The summed E-state index contributed by atoms with van der Waals surface area (Å²) >= 11 is 5.87. The molecule has 4 rings (SSSR count). The van der Waals surface area contributed by atoms with Crippen molar-refractivity contribution in [2.45, 2.75) is 19.9 Å². The van der Waals surface area contributed by atoms with Crippen molar-refractivity contribution in [2.24, 2.45) is 0 Å². The molecule has 0 saturated carbocycles. The lowest BCUT2D eigenvalue weighted by atomic mass is 10.3. The molecule has 0 aliphatic carbocycles. The van der Waals surface area contributed by atoms with Gasteiger partial charge in [0.05, 0.1) is 35.9 Å². The number of fused-ring (bicyclic) bond motifs is 1. The molecule has 4 aromatic rings. The van der Waals surface area contributed by atoms with E-state index in [9.17, 15) is 14.5 Å². The molecule has 32 heavy (non-hydrogen) atoms. The zero-order valence-corrected chi connectivity index (χ0v) is 17.7. The molecule has 0 amide bonds. The highest BCUT2D eigenvalue weighted by molar-refractivity contribution is 6.28. The summed E-state index contributed by atoms with van der Waals surface area (Å²) in [6.07, 6.45) is 4.13. The molecule has 0 fully saturated rings. The van der Waals surface area contributed by atoms with Crippen molar-refractivity contribution < 1.29 is 18.8 Å². The van der Waals surface area contributed by atoms with Crippen LogP contribution in [0.5, 0.6) is 11.8 Å². The number of pyridine rings is 1. The van der Waals surface area contributed by atoms with Crippen LogP contribution in [0.1, 0.15) is 12.1 Å². The highest BCUT2D eigenvalue weighted by Crippen LogP contribution is 2.29. The average Bonchev–Trinajstić information content (AvgIpc) is 3.32. The van der Waals surface area contributed by atoms with Crippen LogP contribution in [0.2, 0.25) is 5.28 Å². The van der Waals surface area contributed by atoms with Crippen LogP contribution in [0.4, 0.5) is 10.1 Å². The van der Waals surface area contributed by atoms with Crippen LogP contribution in [-0.4, -0.2) is 53.2 Å². The van der Waals surface area contributed by atoms with Crippen molar-refractivity contribution in [1.29, 1.82) is 0 Å². The van der Waals surface area contributed by atoms with Gasteiger partial charge in [-0.3, -0.25) is 10.1 Å². The first-order valence-electron chi connectivity index (χ1n) is 9.29. The van der Waals surface area contributed by atoms with Crippen LogP contribution >= 0.6 is 11.6 Å². The number of ether oxygens (including phenoxy) is 2. The summed E-state index contributed by atoms with van der Waals surface area (Å²) in [7, 11) is 1.35. The van der Waals surface area contributed by atoms with Crippen molar-refractivity contribution in [2.75, 3.05) is 13.7 Å². The van der Waals surface area contributed by atoms with E-state index in [1.807, 2.05) is 6.92 Å². The van der Waals surface area contributed by atoms with Crippen LogP contribution < -0.4 is 9.47 Å². The van der Waals surface area contributed by atoms with Crippen molar-refractivity contribution in [3.63, 3.8) is 0 Å². The largest absolute Gasteiger partial charge is 0.479 e. The number of aryl methyl sites for hydroxylation is 2. The molecule has 0 aliphatic heterocycles. The highest BCUT2D eigenvalue weighted by atomic mass is 35.5. The number of hydrogen-bond donors (Lipinski definition) is 0. The maximum atomic E-state index is 13.6. The second kappa shape index (κ2) is 8.70. The number of aromatic nitrogens is 7. The van der Waals surface area contributed by atoms with Gasteiger partial charge in [0, 0.05) is 25.2 Å². The first kappa shape index (κ1) is 21.4. The summed E-state index contributed by atoms with van der Waals surface area (Å²) in [6.45, 7) is 2.36. The molecule has 4 aromatic heterocycles. The number of methoxy groups -OCH3 is 1. The molecule has 0 saturated heterocycles. The van der Waals surface area contributed by atoms with Gasteiger partial charge < -0.3 is 9.47 Å². The van der Waals surface area contributed by atoms with Gasteiger partial charge in [-0.25, -0.2) is 23.7 Å². The zero-order chi connectivity index (χ0) is 22.8. The maximum absolute atomic E-state index is 13.6. The quantitative estimate of drug-likeness (QED) is 0.167. The van der Waals surface area contributed by atoms with Crippen LogP contribution in [0.25, 0.3) is 16.7 Å². The van der Waals surface area contributed by atoms with Crippen molar-refractivity contribution in [3.8, 4) is 17.4 Å². The second-order valence-corrected chi connectivity index (χ2v) is 6.93. The van der Waals surface area contributed by atoms with Crippen molar-refractivity contribution in [3.05, 3.63) is 51.6 Å². The summed E-state index contributed by atoms with van der Waals surface area (Å²) < 4.78 is 27.0. The molecule has 14 heteroatoms. The van der Waals surface area contributed by atoms with Crippen LogP contribution in [0, 0.1) is 22.9 Å². The molecular weight excluding hydrogens is 447 g/mol. The first-order valence-corrected chi connectivity index (χ1v) is 9.67. The number of rotatable bonds is 8. The van der Waals surface area contributed by atoms with E-state index in [2.05, 4.69) is 25.1 Å². The molecule has 0 aliphatic rings. The molecule has 0 N–H and O–H groups in total. The minimum absolute atomic E-state index is 0.0527. The molecule has 4 heterocycles. The Labute approximate surface area is 184 Å². The minimum atomic E-state index is -0.646. The minimum Gasteiger partial charge on any atom is -0.479 e. The fraction of sp³-hybridized carbons (Fsp3) is 0.278. The molecule has 0 bridgehead atoms. The number of hydrogen-bond acceptors (Lipinski definition) is 9. The highest BCUT2D eigenvalue weighted by Gasteiger charge is 2.23. The van der Waals surface area contributed by atoms with Gasteiger partial charge in [0.25, 0.3) is 0 Å². The van der Waals surface area contributed by atoms with Crippen molar-refractivity contribution in [1.82, 2.24) is 34.5 Å². The predicted octanol–water partition coefficient (Wildman–Crippen LogP) is 2.89. The Morgan fingerprint density at radius 3 is 2.81 bits per heavy atom. The van der Waals surface area contributed by atoms with E-state index < -0.39 is 10.7 Å². The van der Waals surface area contributed by atoms with E-state index in [4.69, 9.17) is 21.1 Å². The average molecular weight is 463 g/mol. The lowest BCUT2D eigenvalue weighted by Gasteiger charge is -2.06. The van der Waals surface area contributed by atoms with Gasteiger partial charge in [-0.05, 0) is 18.5 Å². The van der Waals surface area contributed by atoms with Gasteiger partial charge in [0.2, 0.25) is 11.2 Å². The number of halogens is 2. The smallest absolute Gasteiger partial charge is 0.350 e. The predicted molar refractivity (Wildman–Crippen MR) is 110 cm³/mol. The first-order chi connectivity index (χ1) is 15.4.